The lowest BCUT2D eigenvalue weighted by Crippen LogP contribution is -2.33. The van der Waals surface area contributed by atoms with E-state index in [4.69, 9.17) is 5.73 Å². The summed E-state index contributed by atoms with van der Waals surface area (Å²) in [6.45, 7) is 0.554. The van der Waals surface area contributed by atoms with E-state index in [1.807, 2.05) is 30.3 Å². The third-order valence-corrected chi connectivity index (χ3v) is 3.14. The van der Waals surface area contributed by atoms with Crippen LogP contribution in [0, 0.1) is 0 Å². The molecule has 0 spiro atoms. The average molecular weight is 280 g/mol. The van der Waals surface area contributed by atoms with Gasteiger partial charge in [-0.2, -0.15) is 12.6 Å². The van der Waals surface area contributed by atoms with Crippen molar-refractivity contribution >= 4 is 24.4 Å². The molecule has 0 saturated heterocycles. The summed E-state index contributed by atoms with van der Waals surface area (Å²) in [4.78, 5) is 22.3. The maximum atomic E-state index is 11.8. The normalized spacial score (nSPS) is 11.8. The zero-order chi connectivity index (χ0) is 14.1. The fourth-order valence-corrected chi connectivity index (χ4v) is 1.99. The number of primary amides is 1. The first-order valence-electron chi connectivity index (χ1n) is 6.37. The maximum Gasteiger partial charge on any atom is 0.233 e. The predicted molar refractivity (Wildman–Crippen MR) is 79.0 cm³/mol. The van der Waals surface area contributed by atoms with Crippen molar-refractivity contribution in [2.45, 2.75) is 30.9 Å². The zero-order valence-corrected chi connectivity index (χ0v) is 11.7. The molecule has 0 aliphatic rings. The molecule has 4 nitrogen and oxygen atoms in total. The lowest BCUT2D eigenvalue weighted by Gasteiger charge is -2.11. The van der Waals surface area contributed by atoms with Crippen LogP contribution in [0.1, 0.15) is 24.8 Å². The topological polar surface area (TPSA) is 72.2 Å². The molecule has 0 aromatic heterocycles. The van der Waals surface area contributed by atoms with Gasteiger partial charge in [-0.05, 0) is 24.8 Å². The number of carbonyl (C=O) groups excluding carboxylic acids is 2. The molecule has 0 aliphatic carbocycles. The lowest BCUT2D eigenvalue weighted by atomic mass is 10.1. The molecule has 19 heavy (non-hydrogen) atoms. The number of amides is 2. The highest BCUT2D eigenvalue weighted by Gasteiger charge is 2.13. The minimum Gasteiger partial charge on any atom is -0.370 e. The Hall–Kier alpha value is -1.49. The SMILES string of the molecule is NC(=O)CCCCNC(=O)C(S)Cc1ccccc1. The summed E-state index contributed by atoms with van der Waals surface area (Å²) in [6.07, 6.45) is 2.42. The van der Waals surface area contributed by atoms with E-state index in [-0.39, 0.29) is 17.1 Å². The lowest BCUT2D eigenvalue weighted by molar-refractivity contribution is -0.120. The zero-order valence-electron chi connectivity index (χ0n) is 10.8. The van der Waals surface area contributed by atoms with E-state index in [0.29, 0.717) is 25.8 Å². The van der Waals surface area contributed by atoms with Crippen LogP contribution < -0.4 is 11.1 Å². The summed E-state index contributed by atoms with van der Waals surface area (Å²) in [5, 5.41) is 2.46. The highest BCUT2D eigenvalue weighted by atomic mass is 32.1. The van der Waals surface area contributed by atoms with Gasteiger partial charge in [-0.15, -0.1) is 0 Å². The Morgan fingerprint density at radius 2 is 1.89 bits per heavy atom. The van der Waals surface area contributed by atoms with Gasteiger partial charge in [-0.25, -0.2) is 0 Å². The van der Waals surface area contributed by atoms with Crippen molar-refractivity contribution in [3.05, 3.63) is 35.9 Å². The number of rotatable bonds is 8. The monoisotopic (exact) mass is 280 g/mol. The van der Waals surface area contributed by atoms with Crippen molar-refractivity contribution in [2.24, 2.45) is 5.73 Å². The van der Waals surface area contributed by atoms with E-state index in [1.54, 1.807) is 0 Å². The Labute approximate surface area is 119 Å². The quantitative estimate of drug-likeness (QED) is 0.496. The van der Waals surface area contributed by atoms with Gasteiger partial charge in [0.25, 0.3) is 0 Å². The Morgan fingerprint density at radius 1 is 1.21 bits per heavy atom. The minimum atomic E-state index is -0.349. The molecule has 3 N–H and O–H groups in total. The molecule has 5 heteroatoms. The van der Waals surface area contributed by atoms with E-state index in [2.05, 4.69) is 17.9 Å². The van der Waals surface area contributed by atoms with E-state index in [0.717, 1.165) is 12.0 Å². The molecule has 2 amide bonds. The molecule has 0 fully saturated rings. The molecule has 1 atom stereocenters. The van der Waals surface area contributed by atoms with Gasteiger partial charge >= 0.3 is 0 Å². The first kappa shape index (κ1) is 15.6. The molecule has 1 aromatic rings. The molecular formula is C14H20N2O2S. The first-order valence-corrected chi connectivity index (χ1v) is 6.89. The van der Waals surface area contributed by atoms with Gasteiger partial charge < -0.3 is 11.1 Å². The number of nitrogens with two attached hydrogens (primary N) is 1. The summed E-state index contributed by atoms with van der Waals surface area (Å²) in [5.74, 6) is -0.381. The van der Waals surface area contributed by atoms with Gasteiger partial charge in [-0.1, -0.05) is 30.3 Å². The number of hydrogen-bond acceptors (Lipinski definition) is 3. The van der Waals surface area contributed by atoms with Gasteiger partial charge in [0.15, 0.2) is 0 Å². The smallest absolute Gasteiger partial charge is 0.233 e. The molecule has 0 heterocycles. The van der Waals surface area contributed by atoms with E-state index in [9.17, 15) is 9.59 Å². The molecule has 104 valence electrons. The molecule has 0 aliphatic heterocycles. The molecule has 1 rings (SSSR count). The molecule has 1 unspecified atom stereocenters. The van der Waals surface area contributed by atoms with Crippen molar-refractivity contribution in [3.8, 4) is 0 Å². The van der Waals surface area contributed by atoms with Crippen LogP contribution in [0.2, 0.25) is 0 Å². The van der Waals surface area contributed by atoms with Crippen LogP contribution in [0.3, 0.4) is 0 Å². The average Bonchev–Trinajstić information content (AvgIpc) is 2.38. The second-order valence-corrected chi connectivity index (χ2v) is 5.04. The largest absolute Gasteiger partial charge is 0.370 e. The second kappa shape index (κ2) is 8.58. The third-order valence-electron chi connectivity index (χ3n) is 2.72. The van der Waals surface area contributed by atoms with Crippen molar-refractivity contribution in [3.63, 3.8) is 0 Å². The molecular weight excluding hydrogens is 260 g/mol. The minimum absolute atomic E-state index is 0.0775. The predicted octanol–water partition coefficient (Wildman–Crippen LogP) is 1.30. The first-order chi connectivity index (χ1) is 9.09. The summed E-state index contributed by atoms with van der Waals surface area (Å²) in [5.41, 5.74) is 6.12. The molecule has 0 radical (unpaired) electrons. The summed E-state index contributed by atoms with van der Waals surface area (Å²) in [7, 11) is 0. The summed E-state index contributed by atoms with van der Waals surface area (Å²) >= 11 is 4.31. The fraction of sp³-hybridized carbons (Fsp3) is 0.429. The molecule has 0 saturated carbocycles. The van der Waals surface area contributed by atoms with Crippen LogP contribution in [0.5, 0.6) is 0 Å². The number of carbonyl (C=O) groups is 2. The van der Waals surface area contributed by atoms with Crippen LogP contribution >= 0.6 is 12.6 Å². The number of thiol groups is 1. The number of benzene rings is 1. The van der Waals surface area contributed by atoms with E-state index < -0.39 is 0 Å². The summed E-state index contributed by atoms with van der Waals surface area (Å²) in [6, 6.07) is 9.78. The van der Waals surface area contributed by atoms with Crippen molar-refractivity contribution in [1.29, 1.82) is 0 Å². The Kier molecular flexibility index (Phi) is 7.03. The Bertz CT molecular complexity index is 409. The molecule has 1 aromatic carbocycles. The fourth-order valence-electron chi connectivity index (χ4n) is 1.68. The van der Waals surface area contributed by atoms with Crippen LogP contribution in [-0.2, 0) is 16.0 Å². The Morgan fingerprint density at radius 3 is 2.53 bits per heavy atom. The molecule has 0 bridgehead atoms. The highest BCUT2D eigenvalue weighted by molar-refractivity contribution is 7.81. The van der Waals surface area contributed by atoms with Crippen LogP contribution in [0.25, 0.3) is 0 Å². The van der Waals surface area contributed by atoms with Crippen molar-refractivity contribution in [1.82, 2.24) is 5.32 Å². The van der Waals surface area contributed by atoms with Gasteiger partial charge in [-0.3, -0.25) is 9.59 Å². The van der Waals surface area contributed by atoms with Gasteiger partial charge in [0, 0.05) is 13.0 Å². The maximum absolute atomic E-state index is 11.8. The van der Waals surface area contributed by atoms with Crippen molar-refractivity contribution in [2.75, 3.05) is 6.54 Å². The standard InChI is InChI=1S/C14H20N2O2S/c15-13(17)8-4-5-9-16-14(18)12(19)10-11-6-2-1-3-7-11/h1-3,6-7,12,19H,4-5,8-10H2,(H2,15,17)(H,16,18). The van der Waals surface area contributed by atoms with Gasteiger partial charge in [0.2, 0.25) is 11.8 Å². The highest BCUT2D eigenvalue weighted by Crippen LogP contribution is 2.07. The Balaban J connectivity index is 2.20. The van der Waals surface area contributed by atoms with Crippen LogP contribution in [-0.4, -0.2) is 23.6 Å². The van der Waals surface area contributed by atoms with E-state index in [1.165, 1.54) is 0 Å². The van der Waals surface area contributed by atoms with Gasteiger partial charge in [0.05, 0.1) is 5.25 Å². The second-order valence-electron chi connectivity index (χ2n) is 4.42. The number of nitrogens with one attached hydrogen (secondary N) is 1. The van der Waals surface area contributed by atoms with Gasteiger partial charge in [0.1, 0.15) is 0 Å². The van der Waals surface area contributed by atoms with E-state index >= 15 is 0 Å². The van der Waals surface area contributed by atoms with Crippen molar-refractivity contribution < 1.29 is 9.59 Å². The number of unbranched alkanes of at least 4 members (excludes halogenated alkanes) is 1. The number of hydrogen-bond donors (Lipinski definition) is 3. The third kappa shape index (κ3) is 6.86. The van der Waals surface area contributed by atoms with Crippen LogP contribution in [0.4, 0.5) is 0 Å². The van der Waals surface area contributed by atoms with Crippen LogP contribution in [0.15, 0.2) is 30.3 Å². The summed E-state index contributed by atoms with van der Waals surface area (Å²) < 4.78 is 0.